The number of benzene rings is 1. The molecule has 1 aromatic rings. The molecular formula is C13H18ClN3O2. The molecular weight excluding hydrogens is 266 g/mol. The van der Waals surface area contributed by atoms with Crippen molar-refractivity contribution in [2.45, 2.75) is 19.4 Å². The number of piperidine rings is 1. The minimum absolute atomic E-state index is 0.114. The quantitative estimate of drug-likeness (QED) is 0.712. The molecule has 6 heteroatoms. The van der Waals surface area contributed by atoms with E-state index in [0.29, 0.717) is 41.5 Å². The van der Waals surface area contributed by atoms with Crippen LogP contribution in [0, 0.1) is 5.92 Å². The third-order valence-corrected chi connectivity index (χ3v) is 3.82. The number of aliphatic hydroxyl groups excluding tert-OH is 1. The van der Waals surface area contributed by atoms with Crippen LogP contribution in [0.4, 0.5) is 11.4 Å². The SMILES string of the molecule is CC1CN(c2c(Cl)cc(N)cc2C(N)=O)CCC1O. The molecule has 1 amide bonds. The molecule has 5 N–H and O–H groups in total. The average Bonchev–Trinajstić information content (AvgIpc) is 2.32. The van der Waals surface area contributed by atoms with Gasteiger partial charge in [0, 0.05) is 18.8 Å². The van der Waals surface area contributed by atoms with Gasteiger partial charge in [-0.15, -0.1) is 0 Å². The second-order valence-electron chi connectivity index (χ2n) is 5.04. The number of aliphatic hydroxyl groups is 1. The smallest absolute Gasteiger partial charge is 0.250 e. The van der Waals surface area contributed by atoms with Crippen LogP contribution in [0.2, 0.25) is 5.02 Å². The number of carbonyl (C=O) groups excluding carboxylic acids is 1. The first-order chi connectivity index (χ1) is 8.90. The number of nitrogens with two attached hydrogens (primary N) is 2. The zero-order valence-corrected chi connectivity index (χ0v) is 11.5. The average molecular weight is 284 g/mol. The van der Waals surface area contributed by atoms with Gasteiger partial charge in [-0.1, -0.05) is 18.5 Å². The summed E-state index contributed by atoms with van der Waals surface area (Å²) in [7, 11) is 0. The molecule has 2 rings (SSSR count). The van der Waals surface area contributed by atoms with E-state index in [1.807, 2.05) is 11.8 Å². The van der Waals surface area contributed by atoms with E-state index in [1.54, 1.807) is 12.1 Å². The second-order valence-corrected chi connectivity index (χ2v) is 5.45. The van der Waals surface area contributed by atoms with Gasteiger partial charge in [0.15, 0.2) is 0 Å². The van der Waals surface area contributed by atoms with Crippen LogP contribution in [-0.4, -0.2) is 30.2 Å². The maximum absolute atomic E-state index is 11.5. The number of nitrogen functional groups attached to an aromatic ring is 1. The summed E-state index contributed by atoms with van der Waals surface area (Å²) in [6, 6.07) is 3.15. The second kappa shape index (κ2) is 5.27. The standard InChI is InChI=1S/C13H18ClN3O2/c1-7-6-17(3-2-11(7)18)12-9(13(16)19)4-8(15)5-10(12)14/h4-5,7,11,18H,2-3,6,15H2,1H3,(H2,16,19). The summed E-state index contributed by atoms with van der Waals surface area (Å²) < 4.78 is 0. The number of primary amides is 1. The van der Waals surface area contributed by atoms with Gasteiger partial charge < -0.3 is 21.5 Å². The van der Waals surface area contributed by atoms with E-state index in [9.17, 15) is 9.90 Å². The van der Waals surface area contributed by atoms with E-state index in [0.717, 1.165) is 0 Å². The van der Waals surface area contributed by atoms with Crippen molar-refractivity contribution in [1.29, 1.82) is 0 Å². The fourth-order valence-corrected chi connectivity index (χ4v) is 2.81. The molecule has 5 nitrogen and oxygen atoms in total. The first-order valence-electron chi connectivity index (χ1n) is 6.22. The fraction of sp³-hybridized carbons (Fsp3) is 0.462. The van der Waals surface area contributed by atoms with E-state index >= 15 is 0 Å². The Bertz CT molecular complexity index is 507. The highest BCUT2D eigenvalue weighted by Crippen LogP contribution is 2.35. The van der Waals surface area contributed by atoms with E-state index in [1.165, 1.54) is 0 Å². The minimum atomic E-state index is -0.553. The lowest BCUT2D eigenvalue weighted by Gasteiger charge is -2.37. The molecule has 1 fully saturated rings. The van der Waals surface area contributed by atoms with Gasteiger partial charge in [-0.25, -0.2) is 0 Å². The first-order valence-corrected chi connectivity index (χ1v) is 6.59. The Morgan fingerprint density at radius 3 is 2.79 bits per heavy atom. The van der Waals surface area contributed by atoms with Crippen LogP contribution in [-0.2, 0) is 0 Å². The lowest BCUT2D eigenvalue weighted by atomic mass is 9.95. The summed E-state index contributed by atoms with van der Waals surface area (Å²) in [5.74, 6) is -0.439. The van der Waals surface area contributed by atoms with Crippen molar-refractivity contribution >= 4 is 28.9 Å². The van der Waals surface area contributed by atoms with Gasteiger partial charge in [0.25, 0.3) is 5.91 Å². The fourth-order valence-electron chi connectivity index (χ4n) is 2.47. The van der Waals surface area contributed by atoms with E-state index in [-0.39, 0.29) is 12.0 Å². The predicted molar refractivity (Wildman–Crippen MR) is 76.4 cm³/mol. The van der Waals surface area contributed by atoms with Crippen molar-refractivity contribution in [3.8, 4) is 0 Å². The van der Waals surface area contributed by atoms with Gasteiger partial charge in [-0.2, -0.15) is 0 Å². The van der Waals surface area contributed by atoms with Crippen LogP contribution < -0.4 is 16.4 Å². The van der Waals surface area contributed by atoms with Crippen LogP contribution in [0.1, 0.15) is 23.7 Å². The molecule has 0 spiro atoms. The maximum atomic E-state index is 11.5. The van der Waals surface area contributed by atoms with Crippen LogP contribution in [0.15, 0.2) is 12.1 Å². The van der Waals surface area contributed by atoms with Crippen molar-refractivity contribution < 1.29 is 9.90 Å². The van der Waals surface area contributed by atoms with Crippen LogP contribution in [0.3, 0.4) is 0 Å². The number of hydrogen-bond acceptors (Lipinski definition) is 4. The van der Waals surface area contributed by atoms with E-state index in [4.69, 9.17) is 23.1 Å². The summed E-state index contributed by atoms with van der Waals surface area (Å²) in [5, 5.41) is 10.2. The molecule has 0 bridgehead atoms. The summed E-state index contributed by atoms with van der Waals surface area (Å²) in [4.78, 5) is 13.5. The summed E-state index contributed by atoms with van der Waals surface area (Å²) in [5.41, 5.74) is 12.4. The largest absolute Gasteiger partial charge is 0.399 e. The predicted octanol–water partition coefficient (Wildman–Crippen LogP) is 1.23. The topological polar surface area (TPSA) is 92.6 Å². The first kappa shape index (κ1) is 14.0. The third kappa shape index (κ3) is 2.77. The highest BCUT2D eigenvalue weighted by molar-refractivity contribution is 6.34. The summed E-state index contributed by atoms with van der Waals surface area (Å²) >= 11 is 6.20. The van der Waals surface area contributed by atoms with E-state index in [2.05, 4.69) is 0 Å². The molecule has 1 aliphatic rings. The van der Waals surface area contributed by atoms with Crippen LogP contribution in [0.25, 0.3) is 0 Å². The molecule has 0 saturated carbocycles. The number of carbonyl (C=O) groups is 1. The number of hydrogen-bond donors (Lipinski definition) is 3. The van der Waals surface area contributed by atoms with Gasteiger partial charge in [-0.05, 0) is 24.5 Å². The minimum Gasteiger partial charge on any atom is -0.399 e. The van der Waals surface area contributed by atoms with Crippen LogP contribution >= 0.6 is 11.6 Å². The molecule has 1 aliphatic heterocycles. The van der Waals surface area contributed by atoms with Crippen molar-refractivity contribution in [3.05, 3.63) is 22.7 Å². The number of rotatable bonds is 2. The molecule has 19 heavy (non-hydrogen) atoms. The molecule has 104 valence electrons. The Labute approximate surface area is 117 Å². The van der Waals surface area contributed by atoms with Gasteiger partial charge in [0.2, 0.25) is 0 Å². The molecule has 0 radical (unpaired) electrons. The zero-order chi connectivity index (χ0) is 14.2. The molecule has 1 heterocycles. The molecule has 1 saturated heterocycles. The van der Waals surface area contributed by atoms with Crippen molar-refractivity contribution in [2.75, 3.05) is 23.7 Å². The Balaban J connectivity index is 2.41. The van der Waals surface area contributed by atoms with Gasteiger partial charge in [0.05, 0.1) is 22.4 Å². The molecule has 2 atom stereocenters. The van der Waals surface area contributed by atoms with Crippen molar-refractivity contribution in [3.63, 3.8) is 0 Å². The maximum Gasteiger partial charge on any atom is 0.250 e. The van der Waals surface area contributed by atoms with Crippen molar-refractivity contribution in [2.24, 2.45) is 11.7 Å². The van der Waals surface area contributed by atoms with Crippen LogP contribution in [0.5, 0.6) is 0 Å². The Morgan fingerprint density at radius 1 is 1.53 bits per heavy atom. The van der Waals surface area contributed by atoms with Crippen molar-refractivity contribution in [1.82, 2.24) is 0 Å². The number of amides is 1. The normalized spacial score (nSPS) is 23.4. The van der Waals surface area contributed by atoms with E-state index < -0.39 is 5.91 Å². The number of anilines is 2. The lowest BCUT2D eigenvalue weighted by molar-refractivity contribution is 0.0966. The highest BCUT2D eigenvalue weighted by Gasteiger charge is 2.28. The highest BCUT2D eigenvalue weighted by atomic mass is 35.5. The Kier molecular flexibility index (Phi) is 3.87. The number of nitrogens with zero attached hydrogens (tertiary/aromatic N) is 1. The zero-order valence-electron chi connectivity index (χ0n) is 10.8. The summed E-state index contributed by atoms with van der Waals surface area (Å²) in [6.07, 6.45) is 0.320. The molecule has 2 unspecified atom stereocenters. The Morgan fingerprint density at radius 2 is 2.21 bits per heavy atom. The van der Waals surface area contributed by atoms with Gasteiger partial charge in [-0.3, -0.25) is 4.79 Å². The van der Waals surface area contributed by atoms with Gasteiger partial charge in [0.1, 0.15) is 0 Å². The molecule has 1 aromatic carbocycles. The number of halogens is 1. The lowest BCUT2D eigenvalue weighted by Crippen LogP contribution is -2.42. The summed E-state index contributed by atoms with van der Waals surface area (Å²) in [6.45, 7) is 3.23. The monoisotopic (exact) mass is 283 g/mol. The molecule has 0 aromatic heterocycles. The van der Waals surface area contributed by atoms with Gasteiger partial charge >= 0.3 is 0 Å². The Hall–Kier alpha value is -1.46. The molecule has 0 aliphatic carbocycles. The third-order valence-electron chi connectivity index (χ3n) is 3.53.